The summed E-state index contributed by atoms with van der Waals surface area (Å²) in [6.45, 7) is 2.02. The fraction of sp³-hybridized carbons (Fsp3) is 0.0476. The Morgan fingerprint density at radius 3 is 2.61 bits per heavy atom. The van der Waals surface area contributed by atoms with Crippen LogP contribution in [0.5, 0.6) is 0 Å². The SMILES string of the molecule is Cc1cc(-n2ncc(C#N)c2NC(=S)Nc2ccccc2)nc2ccccc12. The van der Waals surface area contributed by atoms with Gasteiger partial charge in [0.25, 0.3) is 0 Å². The number of anilines is 2. The number of thiocarbonyl (C=S) groups is 1. The van der Waals surface area contributed by atoms with Gasteiger partial charge in [-0.05, 0) is 49.0 Å². The molecule has 0 unspecified atom stereocenters. The third-order valence-electron chi connectivity index (χ3n) is 4.28. The summed E-state index contributed by atoms with van der Waals surface area (Å²) in [5, 5.41) is 21.5. The topological polar surface area (TPSA) is 78.6 Å². The number of para-hydroxylation sites is 2. The number of fused-ring (bicyclic) bond motifs is 1. The Morgan fingerprint density at radius 1 is 1.07 bits per heavy atom. The standard InChI is InChI=1S/C21H16N6S/c1-14-11-19(25-18-10-6-5-9-17(14)18)27-20(15(12-22)13-23-27)26-21(28)24-16-7-3-2-4-8-16/h2-11,13H,1H3,(H2,24,26,28). The number of benzene rings is 2. The number of rotatable bonds is 3. The zero-order valence-corrected chi connectivity index (χ0v) is 15.9. The van der Waals surface area contributed by atoms with Crippen LogP contribution >= 0.6 is 12.2 Å². The molecule has 0 aliphatic heterocycles. The average molecular weight is 384 g/mol. The van der Waals surface area contributed by atoms with Gasteiger partial charge < -0.3 is 10.6 Å². The molecule has 0 fully saturated rings. The van der Waals surface area contributed by atoms with E-state index in [1.54, 1.807) is 4.68 Å². The van der Waals surface area contributed by atoms with Crippen molar-refractivity contribution in [2.24, 2.45) is 0 Å². The molecule has 2 N–H and O–H groups in total. The first-order chi connectivity index (χ1) is 13.7. The number of hydrogen-bond donors (Lipinski definition) is 2. The summed E-state index contributed by atoms with van der Waals surface area (Å²) in [7, 11) is 0. The molecule has 0 saturated carbocycles. The summed E-state index contributed by atoms with van der Waals surface area (Å²) in [5.74, 6) is 1.08. The second-order valence-corrected chi connectivity index (χ2v) is 6.60. The molecular formula is C21H16N6S. The highest BCUT2D eigenvalue weighted by atomic mass is 32.1. The van der Waals surface area contributed by atoms with Crippen molar-refractivity contribution >= 4 is 39.7 Å². The van der Waals surface area contributed by atoms with Crippen LogP contribution in [-0.2, 0) is 0 Å². The lowest BCUT2D eigenvalue weighted by Crippen LogP contribution is -2.21. The third kappa shape index (κ3) is 3.41. The Kier molecular flexibility index (Phi) is 4.70. The minimum Gasteiger partial charge on any atom is -0.332 e. The molecule has 0 amide bonds. The van der Waals surface area contributed by atoms with E-state index >= 15 is 0 Å². The molecule has 0 atom stereocenters. The predicted octanol–water partition coefficient (Wildman–Crippen LogP) is 4.41. The normalized spacial score (nSPS) is 10.4. The minimum absolute atomic E-state index is 0.363. The zero-order valence-electron chi connectivity index (χ0n) is 15.0. The number of aryl methyl sites for hydroxylation is 1. The molecule has 7 heteroatoms. The van der Waals surface area contributed by atoms with Crippen LogP contribution in [0.25, 0.3) is 16.7 Å². The molecule has 2 aromatic carbocycles. The molecular weight excluding hydrogens is 368 g/mol. The molecule has 0 aliphatic carbocycles. The Labute approximate surface area is 167 Å². The van der Waals surface area contributed by atoms with Crippen LogP contribution in [0.1, 0.15) is 11.1 Å². The van der Waals surface area contributed by atoms with Crippen molar-refractivity contribution in [3.63, 3.8) is 0 Å². The van der Waals surface area contributed by atoms with Gasteiger partial charge in [0, 0.05) is 11.1 Å². The number of nitrogens with one attached hydrogen (secondary N) is 2. The van der Waals surface area contributed by atoms with Gasteiger partial charge in [-0.2, -0.15) is 15.0 Å². The van der Waals surface area contributed by atoms with Gasteiger partial charge in [0.1, 0.15) is 11.6 Å². The maximum Gasteiger partial charge on any atom is 0.176 e. The number of aromatic nitrogens is 3. The van der Waals surface area contributed by atoms with Gasteiger partial charge in [-0.3, -0.25) is 0 Å². The van der Waals surface area contributed by atoms with Crippen molar-refractivity contribution in [1.29, 1.82) is 5.26 Å². The minimum atomic E-state index is 0.363. The Morgan fingerprint density at radius 2 is 1.82 bits per heavy atom. The smallest absolute Gasteiger partial charge is 0.176 e. The fourth-order valence-corrected chi connectivity index (χ4v) is 3.17. The first-order valence-electron chi connectivity index (χ1n) is 8.63. The van der Waals surface area contributed by atoms with Crippen LogP contribution in [0, 0.1) is 18.3 Å². The Balaban J connectivity index is 1.71. The molecule has 0 radical (unpaired) electrons. The molecule has 4 rings (SSSR count). The highest BCUT2D eigenvalue weighted by molar-refractivity contribution is 7.80. The first kappa shape index (κ1) is 17.6. The molecule has 0 bridgehead atoms. The maximum absolute atomic E-state index is 9.48. The van der Waals surface area contributed by atoms with Crippen LogP contribution in [-0.4, -0.2) is 19.9 Å². The van der Waals surface area contributed by atoms with Crippen molar-refractivity contribution in [1.82, 2.24) is 14.8 Å². The van der Waals surface area contributed by atoms with Crippen molar-refractivity contribution < 1.29 is 0 Å². The van der Waals surface area contributed by atoms with E-state index in [0.29, 0.717) is 22.3 Å². The third-order valence-corrected chi connectivity index (χ3v) is 4.48. The van der Waals surface area contributed by atoms with E-state index in [-0.39, 0.29) is 0 Å². The largest absolute Gasteiger partial charge is 0.332 e. The van der Waals surface area contributed by atoms with E-state index in [1.165, 1.54) is 6.20 Å². The number of nitriles is 1. The quantitative estimate of drug-likeness (QED) is 0.510. The van der Waals surface area contributed by atoms with E-state index < -0.39 is 0 Å². The average Bonchev–Trinajstić information content (AvgIpc) is 3.11. The molecule has 136 valence electrons. The van der Waals surface area contributed by atoms with Gasteiger partial charge in [-0.15, -0.1) is 0 Å². The summed E-state index contributed by atoms with van der Waals surface area (Å²) in [6.07, 6.45) is 1.50. The van der Waals surface area contributed by atoms with Crippen molar-refractivity contribution in [3.05, 3.63) is 78.0 Å². The van der Waals surface area contributed by atoms with E-state index in [2.05, 4.69) is 21.8 Å². The lowest BCUT2D eigenvalue weighted by molar-refractivity contribution is 0.860. The summed E-state index contributed by atoms with van der Waals surface area (Å²) in [5.41, 5.74) is 3.17. The molecule has 4 aromatic rings. The van der Waals surface area contributed by atoms with Gasteiger partial charge >= 0.3 is 0 Å². The van der Waals surface area contributed by atoms with Gasteiger partial charge in [0.15, 0.2) is 16.7 Å². The summed E-state index contributed by atoms with van der Waals surface area (Å²) in [6, 6.07) is 21.6. The van der Waals surface area contributed by atoms with Crippen LogP contribution < -0.4 is 10.6 Å². The first-order valence-corrected chi connectivity index (χ1v) is 9.04. The lowest BCUT2D eigenvalue weighted by Gasteiger charge is -2.13. The number of hydrogen-bond acceptors (Lipinski definition) is 4. The molecule has 2 heterocycles. The molecule has 6 nitrogen and oxygen atoms in total. The van der Waals surface area contributed by atoms with Crippen LogP contribution in [0.4, 0.5) is 11.5 Å². The lowest BCUT2D eigenvalue weighted by atomic mass is 10.1. The van der Waals surface area contributed by atoms with E-state index in [4.69, 9.17) is 17.2 Å². The summed E-state index contributed by atoms with van der Waals surface area (Å²) < 4.78 is 1.59. The van der Waals surface area contributed by atoms with Crippen molar-refractivity contribution in [2.45, 2.75) is 6.92 Å². The Hall–Kier alpha value is -3.76. The second kappa shape index (κ2) is 7.47. The molecule has 0 aliphatic rings. The summed E-state index contributed by atoms with van der Waals surface area (Å²) in [4.78, 5) is 4.69. The molecule has 0 spiro atoms. The Bertz CT molecular complexity index is 1210. The molecule has 2 aromatic heterocycles. The second-order valence-electron chi connectivity index (χ2n) is 6.19. The van der Waals surface area contributed by atoms with Crippen LogP contribution in [0.3, 0.4) is 0 Å². The van der Waals surface area contributed by atoms with Gasteiger partial charge in [-0.25, -0.2) is 4.98 Å². The highest BCUT2D eigenvalue weighted by Crippen LogP contribution is 2.23. The van der Waals surface area contributed by atoms with E-state index in [9.17, 15) is 5.26 Å². The monoisotopic (exact) mass is 384 g/mol. The highest BCUT2D eigenvalue weighted by Gasteiger charge is 2.15. The van der Waals surface area contributed by atoms with Crippen LogP contribution in [0.2, 0.25) is 0 Å². The van der Waals surface area contributed by atoms with Crippen LogP contribution in [0.15, 0.2) is 66.9 Å². The number of nitrogens with zero attached hydrogens (tertiary/aromatic N) is 4. The summed E-state index contributed by atoms with van der Waals surface area (Å²) >= 11 is 5.41. The fourth-order valence-electron chi connectivity index (χ4n) is 2.96. The number of pyridine rings is 1. The van der Waals surface area contributed by atoms with Gasteiger partial charge in [0.2, 0.25) is 0 Å². The van der Waals surface area contributed by atoms with Crippen molar-refractivity contribution in [3.8, 4) is 11.9 Å². The molecule has 28 heavy (non-hydrogen) atoms. The predicted molar refractivity (Wildman–Crippen MR) is 115 cm³/mol. The molecule has 0 saturated heterocycles. The van der Waals surface area contributed by atoms with Crippen molar-refractivity contribution in [2.75, 3.05) is 10.6 Å². The zero-order chi connectivity index (χ0) is 19.5. The maximum atomic E-state index is 9.48. The van der Waals surface area contributed by atoms with Gasteiger partial charge in [0.05, 0.1) is 11.7 Å². The van der Waals surface area contributed by atoms with E-state index in [0.717, 1.165) is 22.2 Å². The van der Waals surface area contributed by atoms with E-state index in [1.807, 2.05) is 67.6 Å². The van der Waals surface area contributed by atoms with Gasteiger partial charge in [-0.1, -0.05) is 36.4 Å².